The standard InChI is InChI=1S/C47H55N7O6/c1-33-43(41(48-50(33)4)32-60-36-19-17-35(18-20-36)52-22-24-53(25-23-52)47(57)49(2)3)40-14-8-13-38-39(15-9-29-59-42-16-7-11-34-10-5-6-12-37(34)42)45(46(55)56)54(44(38)40)26-21-51-27-30-58-31-28-51/h5-8,10-14,16-20H,9,15,21-32H2,1-4H3,(H,55,56). The average Bonchev–Trinajstić information content (AvgIpc) is 3.75. The minimum atomic E-state index is -0.942. The van der Waals surface area contributed by atoms with E-state index in [9.17, 15) is 14.7 Å². The van der Waals surface area contributed by atoms with Crippen LogP contribution in [-0.2, 0) is 31.4 Å². The largest absolute Gasteiger partial charge is 0.493 e. The number of hydrogen-bond donors (Lipinski definition) is 1. The number of benzene rings is 4. The van der Waals surface area contributed by atoms with Gasteiger partial charge in [-0.3, -0.25) is 9.58 Å². The molecule has 13 nitrogen and oxygen atoms in total. The molecule has 0 radical (unpaired) electrons. The Kier molecular flexibility index (Phi) is 12.3. The quantitative estimate of drug-likeness (QED) is 0.117. The normalized spacial score (nSPS) is 14.9. The second-order valence-corrected chi connectivity index (χ2v) is 15.8. The topological polar surface area (TPSA) is 118 Å². The van der Waals surface area contributed by atoms with E-state index < -0.39 is 5.97 Å². The van der Waals surface area contributed by atoms with Crippen LogP contribution >= 0.6 is 0 Å². The van der Waals surface area contributed by atoms with Gasteiger partial charge in [0.05, 0.1) is 25.3 Å². The van der Waals surface area contributed by atoms with Crippen molar-refractivity contribution in [2.24, 2.45) is 7.05 Å². The lowest BCUT2D eigenvalue weighted by atomic mass is 9.98. The third kappa shape index (κ3) is 8.50. The molecule has 0 bridgehead atoms. The number of fused-ring (bicyclic) bond motifs is 2. The molecule has 2 saturated heterocycles. The highest BCUT2D eigenvalue weighted by atomic mass is 16.5. The zero-order chi connectivity index (χ0) is 41.8. The molecular weight excluding hydrogens is 759 g/mol. The lowest BCUT2D eigenvalue weighted by Crippen LogP contribution is -2.51. The number of carboxylic acid groups (broad SMARTS) is 1. The van der Waals surface area contributed by atoms with E-state index in [1.54, 1.807) is 19.0 Å². The Bertz CT molecular complexity index is 2460. The highest BCUT2D eigenvalue weighted by molar-refractivity contribution is 6.04. The Hall–Kier alpha value is -6.05. The first-order valence-corrected chi connectivity index (χ1v) is 20.9. The molecule has 0 atom stereocenters. The maximum Gasteiger partial charge on any atom is 0.352 e. The first-order valence-electron chi connectivity index (χ1n) is 20.9. The zero-order valence-electron chi connectivity index (χ0n) is 35.1. The van der Waals surface area contributed by atoms with Crippen molar-refractivity contribution in [2.45, 2.75) is 32.9 Å². The van der Waals surface area contributed by atoms with Crippen molar-refractivity contribution in [3.05, 3.63) is 108 Å². The van der Waals surface area contributed by atoms with Crippen LogP contribution in [0.5, 0.6) is 11.5 Å². The second-order valence-electron chi connectivity index (χ2n) is 15.8. The molecule has 2 aliphatic heterocycles. The van der Waals surface area contributed by atoms with Gasteiger partial charge in [0, 0.05) is 107 Å². The van der Waals surface area contributed by atoms with Gasteiger partial charge in [-0.15, -0.1) is 0 Å². The van der Waals surface area contributed by atoms with Gasteiger partial charge in [0.25, 0.3) is 0 Å². The lowest BCUT2D eigenvalue weighted by Gasteiger charge is -2.37. The number of hydrogen-bond acceptors (Lipinski definition) is 8. The summed E-state index contributed by atoms with van der Waals surface area (Å²) in [5.41, 5.74) is 6.72. The number of urea groups is 1. The van der Waals surface area contributed by atoms with Gasteiger partial charge in [-0.2, -0.15) is 5.10 Å². The van der Waals surface area contributed by atoms with Crippen LogP contribution in [0.4, 0.5) is 10.5 Å². The van der Waals surface area contributed by atoms with E-state index in [2.05, 4.69) is 59.2 Å². The summed E-state index contributed by atoms with van der Waals surface area (Å²) in [6.07, 6.45) is 1.19. The molecular formula is C47H55N7O6. The Labute approximate surface area is 351 Å². The highest BCUT2D eigenvalue weighted by Gasteiger charge is 2.28. The van der Waals surface area contributed by atoms with E-state index >= 15 is 0 Å². The molecule has 2 amide bonds. The molecule has 4 aromatic carbocycles. The van der Waals surface area contributed by atoms with Crippen LogP contribution in [-0.4, -0.2) is 126 Å². The first-order chi connectivity index (χ1) is 29.2. The average molecular weight is 814 g/mol. The summed E-state index contributed by atoms with van der Waals surface area (Å²) in [6.45, 7) is 9.79. The fourth-order valence-electron chi connectivity index (χ4n) is 8.69. The van der Waals surface area contributed by atoms with Crippen molar-refractivity contribution in [1.29, 1.82) is 0 Å². The van der Waals surface area contributed by atoms with Gasteiger partial charge in [-0.25, -0.2) is 9.59 Å². The van der Waals surface area contributed by atoms with Crippen molar-refractivity contribution in [3.63, 3.8) is 0 Å². The zero-order valence-corrected chi connectivity index (χ0v) is 35.1. The molecule has 0 spiro atoms. The number of carbonyl (C=O) groups excluding carboxylic acids is 1. The van der Waals surface area contributed by atoms with Gasteiger partial charge in [0.1, 0.15) is 29.5 Å². The summed E-state index contributed by atoms with van der Waals surface area (Å²) >= 11 is 0. The molecule has 0 aliphatic carbocycles. The van der Waals surface area contributed by atoms with E-state index in [0.717, 1.165) is 93.1 Å². The van der Waals surface area contributed by atoms with Gasteiger partial charge in [-0.1, -0.05) is 54.6 Å². The molecule has 4 heterocycles. The number of aryl methyl sites for hydroxylation is 2. The maximum absolute atomic E-state index is 13.4. The number of anilines is 1. The fraction of sp³-hybridized carbons (Fsp3) is 0.383. The number of piperazine rings is 1. The van der Waals surface area contributed by atoms with Crippen LogP contribution in [0.25, 0.3) is 32.8 Å². The smallest absolute Gasteiger partial charge is 0.352 e. The third-order valence-corrected chi connectivity index (χ3v) is 11.9. The Morgan fingerprint density at radius 3 is 2.30 bits per heavy atom. The van der Waals surface area contributed by atoms with E-state index in [1.807, 2.05) is 63.7 Å². The van der Waals surface area contributed by atoms with Crippen LogP contribution in [0.2, 0.25) is 0 Å². The fourth-order valence-corrected chi connectivity index (χ4v) is 8.69. The number of carboxylic acids is 1. The minimum Gasteiger partial charge on any atom is -0.493 e. The summed E-state index contributed by atoms with van der Waals surface area (Å²) < 4.78 is 22.3. The molecule has 8 rings (SSSR count). The number of para-hydroxylation sites is 1. The van der Waals surface area contributed by atoms with Crippen LogP contribution < -0.4 is 14.4 Å². The van der Waals surface area contributed by atoms with Crippen LogP contribution in [0, 0.1) is 6.92 Å². The van der Waals surface area contributed by atoms with Crippen molar-refractivity contribution >= 4 is 39.4 Å². The Morgan fingerprint density at radius 1 is 0.833 bits per heavy atom. The van der Waals surface area contributed by atoms with Gasteiger partial charge in [-0.05, 0) is 61.0 Å². The van der Waals surface area contributed by atoms with Gasteiger partial charge < -0.3 is 38.6 Å². The molecule has 2 fully saturated rings. The number of rotatable bonds is 14. The van der Waals surface area contributed by atoms with Crippen molar-refractivity contribution < 1.29 is 28.9 Å². The van der Waals surface area contributed by atoms with Crippen molar-refractivity contribution in [3.8, 4) is 22.6 Å². The van der Waals surface area contributed by atoms with E-state index in [1.165, 1.54) is 0 Å². The predicted octanol–water partition coefficient (Wildman–Crippen LogP) is 6.93. The lowest BCUT2D eigenvalue weighted by molar-refractivity contribution is 0.0362. The number of amides is 2. The number of ether oxygens (including phenoxy) is 3. The van der Waals surface area contributed by atoms with Crippen molar-refractivity contribution in [1.82, 2.24) is 29.0 Å². The second kappa shape index (κ2) is 18.1. The molecule has 6 aromatic rings. The molecule has 314 valence electrons. The van der Waals surface area contributed by atoms with Gasteiger partial charge >= 0.3 is 12.0 Å². The number of aromatic carboxylic acids is 1. The summed E-state index contributed by atoms with van der Waals surface area (Å²) in [7, 11) is 5.50. The summed E-state index contributed by atoms with van der Waals surface area (Å²) in [5, 5.41) is 19.0. The Morgan fingerprint density at radius 2 is 1.55 bits per heavy atom. The van der Waals surface area contributed by atoms with Crippen LogP contribution in [0.3, 0.4) is 0 Å². The molecule has 2 aromatic heterocycles. The molecule has 13 heteroatoms. The molecule has 2 aliphatic rings. The minimum absolute atomic E-state index is 0.0429. The number of carbonyl (C=O) groups is 2. The first kappa shape index (κ1) is 40.7. The van der Waals surface area contributed by atoms with Crippen LogP contribution in [0.15, 0.2) is 84.9 Å². The molecule has 0 saturated carbocycles. The van der Waals surface area contributed by atoms with Crippen molar-refractivity contribution in [2.75, 3.05) is 84.6 Å². The highest BCUT2D eigenvalue weighted by Crippen LogP contribution is 2.39. The van der Waals surface area contributed by atoms with Gasteiger partial charge in [0.15, 0.2) is 0 Å². The summed E-state index contributed by atoms with van der Waals surface area (Å²) in [6, 6.07) is 28.5. The predicted molar refractivity (Wildman–Crippen MR) is 235 cm³/mol. The molecule has 0 unspecified atom stereocenters. The number of aromatic nitrogens is 3. The molecule has 1 N–H and O–H groups in total. The van der Waals surface area contributed by atoms with Crippen LogP contribution in [0.1, 0.15) is 33.9 Å². The summed E-state index contributed by atoms with van der Waals surface area (Å²) in [4.78, 5) is 33.9. The van der Waals surface area contributed by atoms with E-state index in [4.69, 9.17) is 19.3 Å². The molecule has 60 heavy (non-hydrogen) atoms. The maximum atomic E-state index is 13.4. The number of morpholine rings is 1. The summed E-state index contributed by atoms with van der Waals surface area (Å²) in [5.74, 6) is 0.609. The number of nitrogens with zero attached hydrogens (tertiary/aromatic N) is 7. The van der Waals surface area contributed by atoms with E-state index in [0.29, 0.717) is 64.5 Å². The Balaban J connectivity index is 1.06. The monoisotopic (exact) mass is 813 g/mol. The SMILES string of the molecule is Cc1c(-c2cccc3c(CCCOc4cccc5ccccc45)c(C(=O)O)n(CCN4CCOCC4)c23)c(COc2ccc(N3CCN(C(=O)N(C)C)CC3)cc2)nn1C. The van der Waals surface area contributed by atoms with Gasteiger partial charge in [0.2, 0.25) is 0 Å². The third-order valence-electron chi connectivity index (χ3n) is 11.9. The van der Waals surface area contributed by atoms with E-state index in [-0.39, 0.29) is 12.6 Å².